The molecule has 1 amide bonds. The van der Waals surface area contributed by atoms with E-state index in [0.717, 1.165) is 5.52 Å². The van der Waals surface area contributed by atoms with Crippen LogP contribution in [-0.4, -0.2) is 34.6 Å². The van der Waals surface area contributed by atoms with E-state index in [1.165, 1.54) is 11.8 Å². The van der Waals surface area contributed by atoms with Crippen LogP contribution in [0.25, 0.3) is 11.1 Å². The minimum absolute atomic E-state index is 0.0757. The molecule has 160 valence electrons. The summed E-state index contributed by atoms with van der Waals surface area (Å²) in [6.45, 7) is 0. The van der Waals surface area contributed by atoms with Crippen molar-refractivity contribution >= 4 is 40.3 Å². The van der Waals surface area contributed by atoms with Crippen LogP contribution in [0.4, 0.5) is 5.69 Å². The van der Waals surface area contributed by atoms with E-state index in [9.17, 15) is 4.79 Å². The minimum atomic E-state index is -0.335. The van der Waals surface area contributed by atoms with Crippen LogP contribution in [0.3, 0.4) is 0 Å². The lowest BCUT2D eigenvalue weighted by molar-refractivity contribution is -0.118. The smallest absolute Gasteiger partial charge is 0.257 e. The van der Waals surface area contributed by atoms with Gasteiger partial charge in [0.05, 0.1) is 18.6 Å². The molecule has 1 N–H and O–H groups in total. The third-order valence-electron chi connectivity index (χ3n) is 4.14. The number of oxazole rings is 1. The number of pyridine rings is 1. The molecule has 32 heavy (non-hydrogen) atoms. The molecule has 0 unspecified atom stereocenters. The number of rotatable bonds is 7. The second-order valence-electron chi connectivity index (χ2n) is 6.35. The topological polar surface area (TPSA) is 114 Å². The molecule has 4 rings (SSSR count). The Bertz CT molecular complexity index is 1220. The van der Waals surface area contributed by atoms with Crippen LogP contribution in [0.15, 0.2) is 98.0 Å². The molecule has 2 aromatic heterocycles. The number of azo groups is 1. The first-order chi connectivity index (χ1) is 15.7. The number of carbonyl (C=O) groups excluding carboxylic acids is 1. The van der Waals surface area contributed by atoms with Crippen LogP contribution in [0.2, 0.25) is 0 Å². The number of ether oxygens (including phenoxy) is 1. The van der Waals surface area contributed by atoms with Crippen molar-refractivity contribution < 1.29 is 13.9 Å². The quantitative estimate of drug-likeness (QED) is 0.146. The maximum absolute atomic E-state index is 12.3. The zero-order valence-corrected chi connectivity index (χ0v) is 17.8. The van der Waals surface area contributed by atoms with Crippen molar-refractivity contribution in [2.75, 3.05) is 12.9 Å². The Labute approximate surface area is 187 Å². The molecule has 0 atom stereocenters. The second-order valence-corrected chi connectivity index (χ2v) is 7.27. The fourth-order valence-corrected chi connectivity index (χ4v) is 3.21. The van der Waals surface area contributed by atoms with Crippen LogP contribution in [-0.2, 0) is 4.79 Å². The Morgan fingerprint density at radius 1 is 1.12 bits per heavy atom. The third kappa shape index (κ3) is 5.55. The highest BCUT2D eigenvalue weighted by Gasteiger charge is 2.10. The number of nitrogens with one attached hydrogen (secondary N) is 1. The number of methoxy groups -OCH3 is 1. The molecule has 2 aromatic carbocycles. The van der Waals surface area contributed by atoms with Gasteiger partial charge >= 0.3 is 0 Å². The zero-order valence-electron chi connectivity index (χ0n) is 17.0. The maximum atomic E-state index is 12.3. The highest BCUT2D eigenvalue weighted by molar-refractivity contribution is 7.99. The molecule has 0 saturated carbocycles. The van der Waals surface area contributed by atoms with E-state index in [1.54, 1.807) is 55.9 Å². The van der Waals surface area contributed by atoms with E-state index < -0.39 is 0 Å². The number of thioether (sulfide) groups is 1. The summed E-state index contributed by atoms with van der Waals surface area (Å²) in [4.78, 5) is 20.7. The zero-order chi connectivity index (χ0) is 22.2. The molecule has 0 aliphatic carbocycles. The van der Waals surface area contributed by atoms with E-state index in [0.29, 0.717) is 27.8 Å². The molecule has 0 spiro atoms. The summed E-state index contributed by atoms with van der Waals surface area (Å²) in [5, 5.41) is 12.9. The van der Waals surface area contributed by atoms with Crippen molar-refractivity contribution in [2.45, 2.75) is 5.22 Å². The molecule has 4 aromatic rings. The van der Waals surface area contributed by atoms with Gasteiger partial charge in [0.15, 0.2) is 5.58 Å². The van der Waals surface area contributed by atoms with E-state index >= 15 is 0 Å². The normalized spacial score (nSPS) is 11.7. The van der Waals surface area contributed by atoms with Crippen molar-refractivity contribution in [3.05, 3.63) is 78.6 Å². The number of para-hydroxylation sites is 2. The molecule has 0 aliphatic heterocycles. The lowest BCUT2D eigenvalue weighted by atomic mass is 10.3. The van der Waals surface area contributed by atoms with E-state index in [2.05, 4.69) is 30.7 Å². The van der Waals surface area contributed by atoms with Gasteiger partial charge in [0.1, 0.15) is 11.3 Å². The Hall–Kier alpha value is -4.05. The van der Waals surface area contributed by atoms with Gasteiger partial charge in [-0.3, -0.25) is 9.78 Å². The fraction of sp³-hybridized carbons (Fsp3) is 0.0909. The first-order valence-electron chi connectivity index (χ1n) is 9.52. The molecule has 10 heteroatoms. The summed E-state index contributed by atoms with van der Waals surface area (Å²) in [6, 6.07) is 18.0. The van der Waals surface area contributed by atoms with Gasteiger partial charge in [-0.15, -0.1) is 10.2 Å². The second kappa shape index (κ2) is 10.3. The largest absolute Gasteiger partial charge is 0.497 e. The summed E-state index contributed by atoms with van der Waals surface area (Å²) < 4.78 is 10.7. The van der Waals surface area contributed by atoms with Gasteiger partial charge in [-0.05, 0) is 48.5 Å². The summed E-state index contributed by atoms with van der Waals surface area (Å²) in [7, 11) is 1.59. The SMILES string of the molecule is COc1ccc(N=N/C(=N/NC(=O)CSc2nc3ccccc3o2)c2cccnc2)cc1. The lowest BCUT2D eigenvalue weighted by Crippen LogP contribution is -2.21. The van der Waals surface area contributed by atoms with Crippen LogP contribution < -0.4 is 10.2 Å². The number of fused-ring (bicyclic) bond motifs is 1. The van der Waals surface area contributed by atoms with E-state index in [4.69, 9.17) is 9.15 Å². The number of hydrogen-bond donors (Lipinski definition) is 1. The Morgan fingerprint density at radius 3 is 2.72 bits per heavy atom. The van der Waals surface area contributed by atoms with Gasteiger partial charge in [-0.2, -0.15) is 5.10 Å². The van der Waals surface area contributed by atoms with Gasteiger partial charge in [-0.25, -0.2) is 10.4 Å². The first kappa shape index (κ1) is 21.2. The van der Waals surface area contributed by atoms with Gasteiger partial charge in [-0.1, -0.05) is 23.9 Å². The van der Waals surface area contributed by atoms with Crippen LogP contribution in [0, 0.1) is 0 Å². The lowest BCUT2D eigenvalue weighted by Gasteiger charge is -2.02. The number of hydrogen-bond acceptors (Lipinski definition) is 8. The van der Waals surface area contributed by atoms with Crippen LogP contribution in [0.5, 0.6) is 5.75 Å². The van der Waals surface area contributed by atoms with Crippen LogP contribution >= 0.6 is 11.8 Å². The fourth-order valence-electron chi connectivity index (χ4n) is 2.58. The molecule has 0 saturated heterocycles. The number of hydrazone groups is 1. The maximum Gasteiger partial charge on any atom is 0.257 e. The standard InChI is InChI=1S/C22H18N6O3S/c1-30-17-10-8-16(9-11-17)25-27-21(15-5-4-12-23-13-15)28-26-20(29)14-32-22-24-18-6-2-3-7-19(18)31-22/h2-13H,14H2,1H3,(H,26,29)/b27-25?,28-21+. The number of amides is 1. The average Bonchev–Trinajstić information content (AvgIpc) is 3.27. The van der Waals surface area contributed by atoms with Crippen LogP contribution in [0.1, 0.15) is 5.56 Å². The predicted molar refractivity (Wildman–Crippen MR) is 121 cm³/mol. The van der Waals surface area contributed by atoms with Crippen molar-refractivity contribution in [3.8, 4) is 5.75 Å². The van der Waals surface area contributed by atoms with E-state index in [1.807, 2.05) is 24.3 Å². The third-order valence-corrected chi connectivity index (χ3v) is 4.97. The Balaban J connectivity index is 1.43. The molecule has 0 bridgehead atoms. The number of aromatic nitrogens is 2. The number of amidine groups is 1. The molecule has 9 nitrogen and oxygen atoms in total. The average molecular weight is 446 g/mol. The van der Waals surface area contributed by atoms with Crippen molar-refractivity contribution in [1.29, 1.82) is 0 Å². The monoisotopic (exact) mass is 446 g/mol. The summed E-state index contributed by atoms with van der Waals surface area (Å²) in [5.74, 6) is 0.674. The number of nitrogens with zero attached hydrogens (tertiary/aromatic N) is 5. The Morgan fingerprint density at radius 2 is 1.97 bits per heavy atom. The van der Waals surface area contributed by atoms with Gasteiger partial charge < -0.3 is 9.15 Å². The van der Waals surface area contributed by atoms with Crippen molar-refractivity contribution in [3.63, 3.8) is 0 Å². The van der Waals surface area contributed by atoms with Gasteiger partial charge in [0.2, 0.25) is 5.84 Å². The summed E-state index contributed by atoms with van der Waals surface area (Å²) in [5.41, 5.74) is 5.13. The molecule has 0 radical (unpaired) electrons. The molecular weight excluding hydrogens is 428 g/mol. The number of carbonyl (C=O) groups is 1. The van der Waals surface area contributed by atoms with Crippen molar-refractivity contribution in [2.24, 2.45) is 15.3 Å². The first-order valence-corrected chi connectivity index (χ1v) is 10.5. The molecule has 2 heterocycles. The van der Waals surface area contributed by atoms with Crippen molar-refractivity contribution in [1.82, 2.24) is 15.4 Å². The van der Waals surface area contributed by atoms with E-state index in [-0.39, 0.29) is 17.5 Å². The highest BCUT2D eigenvalue weighted by atomic mass is 32.2. The summed E-state index contributed by atoms with van der Waals surface area (Å²) in [6.07, 6.45) is 3.22. The van der Waals surface area contributed by atoms with Gasteiger partial charge in [0, 0.05) is 18.0 Å². The predicted octanol–water partition coefficient (Wildman–Crippen LogP) is 4.59. The Kier molecular flexibility index (Phi) is 6.83. The highest BCUT2D eigenvalue weighted by Crippen LogP contribution is 2.23. The number of benzene rings is 2. The minimum Gasteiger partial charge on any atom is -0.497 e. The molecular formula is C22H18N6O3S. The molecule has 0 fully saturated rings. The molecule has 0 aliphatic rings. The summed E-state index contributed by atoms with van der Waals surface area (Å²) >= 11 is 1.18. The van der Waals surface area contributed by atoms with Gasteiger partial charge in [0.25, 0.3) is 11.1 Å².